The van der Waals surface area contributed by atoms with Gasteiger partial charge in [0.15, 0.2) is 0 Å². The molecule has 5 nitrogen and oxygen atoms in total. The van der Waals surface area contributed by atoms with Gasteiger partial charge in [-0.05, 0) is 0 Å². The zero-order chi connectivity index (χ0) is 0. The van der Waals surface area contributed by atoms with Crippen LogP contribution in [0.5, 0.6) is 0 Å². The van der Waals surface area contributed by atoms with Crippen LogP contribution in [0.3, 0.4) is 0 Å². The van der Waals surface area contributed by atoms with E-state index in [9.17, 15) is 0 Å². The van der Waals surface area contributed by atoms with Gasteiger partial charge in [-0.3, -0.25) is 0 Å². The standard InChI is InChI=1S/2Mn.5O.2Sb/q2*+2;5*-2;2*+3. The van der Waals surface area contributed by atoms with Crippen LogP contribution >= 0.6 is 0 Å². The van der Waals surface area contributed by atoms with Crippen LogP contribution in [0.4, 0.5) is 0 Å². The van der Waals surface area contributed by atoms with Gasteiger partial charge in [0.2, 0.25) is 0 Å². The summed E-state index contributed by atoms with van der Waals surface area (Å²) in [4.78, 5) is 0. The van der Waals surface area contributed by atoms with Gasteiger partial charge in [-0.25, -0.2) is 0 Å². The summed E-state index contributed by atoms with van der Waals surface area (Å²) >= 11 is 0. The summed E-state index contributed by atoms with van der Waals surface area (Å²) in [6.07, 6.45) is 0. The van der Waals surface area contributed by atoms with Crippen molar-refractivity contribution in [3.8, 4) is 0 Å². The average molecular weight is 433 g/mol. The molecule has 0 fully saturated rings. The molecular formula is Mn2O5Sb2. The van der Waals surface area contributed by atoms with E-state index in [2.05, 4.69) is 0 Å². The number of hydrogen-bond acceptors (Lipinski definition) is 0. The zero-order valence-electron chi connectivity index (χ0n) is 3.69. The second-order valence-electron chi connectivity index (χ2n) is 0. The summed E-state index contributed by atoms with van der Waals surface area (Å²) in [5, 5.41) is 0. The molecular weight excluding hydrogens is 433 g/mol. The van der Waals surface area contributed by atoms with Crippen LogP contribution in [0, 0.1) is 0 Å². The molecule has 6 radical (unpaired) electrons. The van der Waals surface area contributed by atoms with Crippen LogP contribution in [-0.2, 0) is 61.5 Å². The summed E-state index contributed by atoms with van der Waals surface area (Å²) in [6, 6.07) is 0. The Hall–Kier alpha value is 2.48. The van der Waals surface area contributed by atoms with Crippen molar-refractivity contribution < 1.29 is 61.5 Å². The molecule has 0 aromatic carbocycles. The third-order valence-electron chi connectivity index (χ3n) is 0. The molecule has 0 atom stereocenters. The molecule has 0 amide bonds. The second-order valence-corrected chi connectivity index (χ2v) is 0. The van der Waals surface area contributed by atoms with E-state index in [-0.39, 0.29) is 110 Å². The summed E-state index contributed by atoms with van der Waals surface area (Å²) in [5.41, 5.74) is 0. The molecule has 0 aromatic rings. The molecule has 0 aliphatic carbocycles. The maximum Gasteiger partial charge on any atom is 3.00 e. The van der Waals surface area contributed by atoms with E-state index in [1.807, 2.05) is 0 Å². The van der Waals surface area contributed by atoms with Gasteiger partial charge in [-0.1, -0.05) is 0 Å². The van der Waals surface area contributed by atoms with Gasteiger partial charge in [0, 0.05) is 0 Å². The van der Waals surface area contributed by atoms with Gasteiger partial charge in [-0.2, -0.15) is 0 Å². The summed E-state index contributed by atoms with van der Waals surface area (Å²) in [6.45, 7) is 0. The first-order chi connectivity index (χ1) is 0. The Morgan fingerprint density at radius 3 is 0.333 bits per heavy atom. The fraction of sp³-hybridized carbons (Fsp3) is 0. The molecule has 0 heterocycles. The van der Waals surface area contributed by atoms with Crippen molar-refractivity contribution in [2.75, 3.05) is 0 Å². The molecule has 0 unspecified atom stereocenters. The van der Waals surface area contributed by atoms with Crippen LogP contribution < -0.4 is 0 Å². The van der Waals surface area contributed by atoms with E-state index in [0.29, 0.717) is 0 Å². The van der Waals surface area contributed by atoms with Crippen molar-refractivity contribution in [1.29, 1.82) is 0 Å². The Balaban J connectivity index is 0. The molecule has 9 heavy (non-hydrogen) atoms. The van der Waals surface area contributed by atoms with Crippen LogP contribution in [0.1, 0.15) is 0 Å². The second kappa shape index (κ2) is 153. The normalized spacial score (nSPS) is 0. The Labute approximate surface area is 109 Å². The van der Waals surface area contributed by atoms with E-state index < -0.39 is 0 Å². The maximum atomic E-state index is 0. The van der Waals surface area contributed by atoms with Crippen molar-refractivity contribution in [2.45, 2.75) is 0 Å². The Morgan fingerprint density at radius 1 is 0.333 bits per heavy atom. The van der Waals surface area contributed by atoms with Gasteiger partial charge < -0.3 is 27.4 Å². The Bertz CT molecular complexity index is 12.9. The SMILES string of the molecule is [Mn+2].[Mn+2].[O-2].[O-2].[O-2].[O-2].[O-2].[Sb+3].[Sb+3]. The smallest absolute Gasteiger partial charge is 2.00 e. The molecule has 0 bridgehead atoms. The van der Waals surface area contributed by atoms with Crippen molar-refractivity contribution in [1.82, 2.24) is 0 Å². The fourth-order valence-electron chi connectivity index (χ4n) is 0. The Morgan fingerprint density at radius 2 is 0.333 bits per heavy atom. The quantitative estimate of drug-likeness (QED) is 0.416. The maximum absolute atomic E-state index is 0. The van der Waals surface area contributed by atoms with Crippen LogP contribution in [0.25, 0.3) is 0 Å². The number of rotatable bonds is 0. The molecule has 0 spiro atoms. The summed E-state index contributed by atoms with van der Waals surface area (Å²) in [7, 11) is 0. The molecule has 0 aromatic heterocycles. The predicted molar refractivity (Wildman–Crippen MR) is 14.9 cm³/mol. The third-order valence-corrected chi connectivity index (χ3v) is 0. The van der Waals surface area contributed by atoms with Crippen LogP contribution in [0.15, 0.2) is 0 Å². The minimum absolute atomic E-state index is 0. The molecule has 0 saturated heterocycles. The molecule has 0 aliphatic rings. The molecule has 0 saturated carbocycles. The minimum atomic E-state index is 0. The average Bonchev–Trinajstić information content (AvgIpc) is 0. The first-order valence-electron chi connectivity index (χ1n) is 0. The molecule has 0 aliphatic heterocycles. The predicted octanol–water partition coefficient (Wildman–Crippen LogP) is -1.36. The van der Waals surface area contributed by atoms with Crippen molar-refractivity contribution in [3.63, 3.8) is 0 Å². The van der Waals surface area contributed by atoms with E-state index >= 15 is 0 Å². The summed E-state index contributed by atoms with van der Waals surface area (Å²) in [5.74, 6) is 0. The largest absolute Gasteiger partial charge is 3.00 e. The topological polar surface area (TPSA) is 142 Å². The zero-order valence-corrected chi connectivity index (χ0v) is 11.2. The molecule has 0 rings (SSSR count). The first kappa shape index (κ1) is 206. The summed E-state index contributed by atoms with van der Waals surface area (Å²) < 4.78 is 0. The van der Waals surface area contributed by atoms with Crippen LogP contribution in [-0.4, -0.2) is 48.9 Å². The third kappa shape index (κ3) is 123. The van der Waals surface area contributed by atoms with E-state index in [4.69, 9.17) is 0 Å². The van der Waals surface area contributed by atoms with Gasteiger partial charge >= 0.3 is 83.0 Å². The van der Waals surface area contributed by atoms with Gasteiger partial charge in [0.05, 0.1) is 0 Å². The monoisotopic (exact) mass is 432 g/mol. The van der Waals surface area contributed by atoms with Crippen molar-refractivity contribution in [3.05, 3.63) is 0 Å². The molecule has 0 N–H and O–H groups in total. The van der Waals surface area contributed by atoms with Gasteiger partial charge in [-0.15, -0.1) is 0 Å². The molecule has 9 heteroatoms. The van der Waals surface area contributed by atoms with Gasteiger partial charge in [0.25, 0.3) is 0 Å². The van der Waals surface area contributed by atoms with Crippen LogP contribution in [0.2, 0.25) is 0 Å². The van der Waals surface area contributed by atoms with E-state index in [1.165, 1.54) is 0 Å². The molecule has 54 valence electrons. The van der Waals surface area contributed by atoms with Gasteiger partial charge in [0.1, 0.15) is 0 Å². The van der Waals surface area contributed by atoms with Crippen molar-refractivity contribution in [2.24, 2.45) is 0 Å². The number of hydrogen-bond donors (Lipinski definition) is 0. The van der Waals surface area contributed by atoms with Crippen molar-refractivity contribution >= 4 is 48.9 Å². The minimum Gasteiger partial charge on any atom is -2.00 e. The fourth-order valence-corrected chi connectivity index (χ4v) is 0. The van der Waals surface area contributed by atoms with E-state index in [1.54, 1.807) is 0 Å². The first-order valence-corrected chi connectivity index (χ1v) is 0. The Kier molecular flexibility index (Phi) is 3500. The van der Waals surface area contributed by atoms with E-state index in [0.717, 1.165) is 0 Å².